The van der Waals surface area contributed by atoms with Crippen molar-refractivity contribution in [3.05, 3.63) is 70.0 Å². The highest BCUT2D eigenvalue weighted by Crippen LogP contribution is 2.33. The fourth-order valence-corrected chi connectivity index (χ4v) is 5.16. The molecule has 0 fully saturated rings. The Bertz CT molecular complexity index is 1230. The van der Waals surface area contributed by atoms with Gasteiger partial charge in [-0.05, 0) is 40.7 Å². The fourth-order valence-electron chi connectivity index (χ4n) is 2.88. The first-order chi connectivity index (χ1) is 13.8. The van der Waals surface area contributed by atoms with Gasteiger partial charge in [-0.15, -0.1) is 32.9 Å². The molecule has 5 nitrogen and oxygen atoms in total. The van der Waals surface area contributed by atoms with Crippen LogP contribution in [0.5, 0.6) is 0 Å². The molecule has 4 aromatic heterocycles. The summed E-state index contributed by atoms with van der Waals surface area (Å²) in [5.41, 5.74) is 0.935. The van der Waals surface area contributed by atoms with Crippen molar-refractivity contribution in [1.82, 2.24) is 24.7 Å². The molecule has 0 radical (unpaired) electrons. The zero-order valence-electron chi connectivity index (χ0n) is 14.9. The van der Waals surface area contributed by atoms with Gasteiger partial charge in [-0.2, -0.15) is 0 Å². The molecule has 0 aliphatic rings. The summed E-state index contributed by atoms with van der Waals surface area (Å²) in [5, 5.41) is 15.7. The fraction of sp³-hybridized carbons (Fsp3) is 0.100. The molecule has 0 aliphatic carbocycles. The van der Waals surface area contributed by atoms with Crippen molar-refractivity contribution in [1.29, 1.82) is 0 Å². The zero-order valence-corrected chi connectivity index (χ0v) is 17.4. The van der Waals surface area contributed by atoms with Crippen LogP contribution in [-0.2, 0) is 13.5 Å². The number of nitrogens with zero attached hydrogens (tertiary/aromatic N) is 5. The molecular weight excluding hydrogens is 406 g/mol. The standard InChI is InChI=1S/C20H15N5S3/c1-25-17(12-13-6-4-10-26-13)23-24-20(25)28-19-14-7-2-3-8-15(14)21-18(22-19)16-9-5-11-27-16/h2-11H,12H2,1H3. The van der Waals surface area contributed by atoms with Gasteiger partial charge in [0.2, 0.25) is 0 Å². The van der Waals surface area contributed by atoms with Gasteiger partial charge in [-0.25, -0.2) is 9.97 Å². The van der Waals surface area contributed by atoms with Crippen LogP contribution < -0.4 is 0 Å². The second kappa shape index (κ2) is 7.46. The van der Waals surface area contributed by atoms with Crippen molar-refractivity contribution in [2.24, 2.45) is 7.05 Å². The Hall–Kier alpha value is -2.55. The normalized spacial score (nSPS) is 11.3. The van der Waals surface area contributed by atoms with Crippen molar-refractivity contribution in [2.75, 3.05) is 0 Å². The lowest BCUT2D eigenvalue weighted by Gasteiger charge is -2.07. The Labute approximate surface area is 174 Å². The maximum Gasteiger partial charge on any atom is 0.197 e. The van der Waals surface area contributed by atoms with Gasteiger partial charge < -0.3 is 4.57 Å². The van der Waals surface area contributed by atoms with E-state index in [0.29, 0.717) is 0 Å². The SMILES string of the molecule is Cn1c(Cc2cccs2)nnc1Sc1nc(-c2cccs2)nc2ccccc12. The van der Waals surface area contributed by atoms with E-state index in [-0.39, 0.29) is 0 Å². The summed E-state index contributed by atoms with van der Waals surface area (Å²) in [5.74, 6) is 1.69. The van der Waals surface area contributed by atoms with Crippen molar-refractivity contribution >= 4 is 45.3 Å². The average Bonchev–Trinajstić information content (AvgIpc) is 3.48. The first kappa shape index (κ1) is 17.5. The van der Waals surface area contributed by atoms with E-state index in [1.165, 1.54) is 16.6 Å². The highest BCUT2D eigenvalue weighted by molar-refractivity contribution is 7.99. The maximum atomic E-state index is 4.85. The van der Waals surface area contributed by atoms with Gasteiger partial charge in [0.15, 0.2) is 11.0 Å². The molecule has 0 saturated carbocycles. The quantitative estimate of drug-likeness (QED) is 0.361. The minimum Gasteiger partial charge on any atom is -0.309 e. The third kappa shape index (κ3) is 3.34. The summed E-state index contributed by atoms with van der Waals surface area (Å²) in [6.07, 6.45) is 0.784. The number of benzene rings is 1. The molecule has 0 aliphatic heterocycles. The molecular formula is C20H15N5S3. The Morgan fingerprint density at radius 3 is 2.61 bits per heavy atom. The van der Waals surface area contributed by atoms with Gasteiger partial charge >= 0.3 is 0 Å². The van der Waals surface area contributed by atoms with Crippen LogP contribution >= 0.6 is 34.4 Å². The Balaban J connectivity index is 1.54. The van der Waals surface area contributed by atoms with Crippen molar-refractivity contribution < 1.29 is 0 Å². The Morgan fingerprint density at radius 2 is 1.79 bits per heavy atom. The van der Waals surface area contributed by atoms with Crippen LogP contribution in [0.4, 0.5) is 0 Å². The van der Waals surface area contributed by atoms with Gasteiger partial charge in [0.25, 0.3) is 0 Å². The number of para-hydroxylation sites is 1. The number of hydrogen-bond donors (Lipinski definition) is 0. The number of fused-ring (bicyclic) bond motifs is 1. The van der Waals surface area contributed by atoms with Crippen LogP contribution in [-0.4, -0.2) is 24.7 Å². The smallest absolute Gasteiger partial charge is 0.197 e. The topological polar surface area (TPSA) is 56.5 Å². The van der Waals surface area contributed by atoms with E-state index in [1.54, 1.807) is 22.7 Å². The van der Waals surface area contributed by atoms with Crippen molar-refractivity contribution in [3.63, 3.8) is 0 Å². The lowest BCUT2D eigenvalue weighted by atomic mass is 10.2. The number of hydrogen-bond acceptors (Lipinski definition) is 7. The number of thiophene rings is 2. The maximum absolute atomic E-state index is 4.85. The molecule has 0 unspecified atom stereocenters. The third-order valence-corrected chi connectivity index (χ3v) is 7.12. The molecule has 0 atom stereocenters. The van der Waals surface area contributed by atoms with Crippen LogP contribution in [0.25, 0.3) is 21.6 Å². The van der Waals surface area contributed by atoms with E-state index < -0.39 is 0 Å². The lowest BCUT2D eigenvalue weighted by Crippen LogP contribution is -2.00. The Kier molecular flexibility index (Phi) is 4.67. The molecule has 5 rings (SSSR count). The summed E-state index contributed by atoms with van der Waals surface area (Å²) >= 11 is 4.91. The second-order valence-electron chi connectivity index (χ2n) is 6.16. The lowest BCUT2D eigenvalue weighted by molar-refractivity contribution is 0.750. The number of aromatic nitrogens is 5. The van der Waals surface area contributed by atoms with Crippen LogP contribution in [0.15, 0.2) is 69.5 Å². The second-order valence-corrected chi connectivity index (χ2v) is 9.10. The van der Waals surface area contributed by atoms with Crippen LogP contribution in [0, 0.1) is 0 Å². The van der Waals surface area contributed by atoms with E-state index in [9.17, 15) is 0 Å². The predicted octanol–water partition coefficient (Wildman–Crippen LogP) is 5.29. The van der Waals surface area contributed by atoms with Gasteiger partial charge in [-0.3, -0.25) is 0 Å². The highest BCUT2D eigenvalue weighted by atomic mass is 32.2. The first-order valence-electron chi connectivity index (χ1n) is 8.67. The highest BCUT2D eigenvalue weighted by Gasteiger charge is 2.16. The molecule has 8 heteroatoms. The van der Waals surface area contributed by atoms with E-state index in [2.05, 4.69) is 33.8 Å². The molecule has 4 heterocycles. The molecule has 138 valence electrons. The Morgan fingerprint density at radius 1 is 0.929 bits per heavy atom. The largest absolute Gasteiger partial charge is 0.309 e. The molecule has 28 heavy (non-hydrogen) atoms. The summed E-state index contributed by atoms with van der Waals surface area (Å²) in [6, 6.07) is 16.3. The van der Waals surface area contributed by atoms with Crippen LogP contribution in [0.1, 0.15) is 10.7 Å². The first-order valence-corrected chi connectivity index (χ1v) is 11.2. The minimum atomic E-state index is 0.747. The summed E-state index contributed by atoms with van der Waals surface area (Å²) < 4.78 is 2.05. The molecule has 0 saturated heterocycles. The molecule has 5 aromatic rings. The molecule has 0 amide bonds. The summed E-state index contributed by atoms with van der Waals surface area (Å²) in [4.78, 5) is 11.9. The van der Waals surface area contributed by atoms with Crippen molar-refractivity contribution in [2.45, 2.75) is 16.6 Å². The van der Waals surface area contributed by atoms with Gasteiger partial charge in [0.05, 0.1) is 10.4 Å². The van der Waals surface area contributed by atoms with E-state index in [0.717, 1.165) is 44.0 Å². The van der Waals surface area contributed by atoms with Gasteiger partial charge in [0.1, 0.15) is 10.9 Å². The predicted molar refractivity (Wildman–Crippen MR) is 115 cm³/mol. The molecule has 1 aromatic carbocycles. The van der Waals surface area contributed by atoms with E-state index in [1.807, 2.05) is 47.3 Å². The van der Waals surface area contributed by atoms with Gasteiger partial charge in [0, 0.05) is 23.7 Å². The molecule has 0 N–H and O–H groups in total. The zero-order chi connectivity index (χ0) is 18.9. The molecule has 0 spiro atoms. The number of rotatable bonds is 5. The average molecular weight is 422 g/mol. The minimum absolute atomic E-state index is 0.747. The third-order valence-electron chi connectivity index (χ3n) is 4.34. The summed E-state index contributed by atoms with van der Waals surface area (Å²) in [7, 11) is 2.01. The van der Waals surface area contributed by atoms with Gasteiger partial charge in [-0.1, -0.05) is 30.3 Å². The summed E-state index contributed by atoms with van der Waals surface area (Å²) in [6.45, 7) is 0. The van der Waals surface area contributed by atoms with Crippen LogP contribution in [0.2, 0.25) is 0 Å². The van der Waals surface area contributed by atoms with Crippen molar-refractivity contribution in [3.8, 4) is 10.7 Å². The van der Waals surface area contributed by atoms with E-state index >= 15 is 0 Å². The van der Waals surface area contributed by atoms with E-state index in [4.69, 9.17) is 9.97 Å². The van der Waals surface area contributed by atoms with Crippen LogP contribution in [0.3, 0.4) is 0 Å². The monoisotopic (exact) mass is 421 g/mol. The molecule has 0 bridgehead atoms.